The Morgan fingerprint density at radius 3 is 2.73 bits per heavy atom. The molecule has 1 amide bonds. The molecule has 1 saturated heterocycles. The van der Waals surface area contributed by atoms with Crippen LogP contribution < -0.4 is 14.2 Å². The van der Waals surface area contributed by atoms with Crippen molar-refractivity contribution in [2.75, 3.05) is 33.9 Å². The molecular weight excluding hydrogens is 337 g/mol. The minimum Gasteiger partial charge on any atom is -0.497 e. The number of hydrogen-bond donors (Lipinski definition) is 0. The number of benzene rings is 2. The van der Waals surface area contributed by atoms with E-state index in [1.54, 1.807) is 31.3 Å². The molecule has 1 heterocycles. The van der Waals surface area contributed by atoms with E-state index in [1.165, 1.54) is 12.1 Å². The molecular formula is C20H22FNO4. The molecule has 138 valence electrons. The Labute approximate surface area is 152 Å². The van der Waals surface area contributed by atoms with Crippen molar-refractivity contribution in [3.63, 3.8) is 0 Å². The number of methoxy groups -OCH3 is 2. The first kappa shape index (κ1) is 18.0. The van der Waals surface area contributed by atoms with Crippen LogP contribution in [-0.4, -0.2) is 44.7 Å². The molecule has 26 heavy (non-hydrogen) atoms. The second-order valence-corrected chi connectivity index (χ2v) is 6.18. The topological polar surface area (TPSA) is 48.0 Å². The smallest absolute Gasteiger partial charge is 0.260 e. The maximum absolute atomic E-state index is 13.2. The van der Waals surface area contributed by atoms with Gasteiger partial charge in [0.25, 0.3) is 5.91 Å². The van der Waals surface area contributed by atoms with Crippen molar-refractivity contribution in [1.29, 1.82) is 0 Å². The molecule has 1 atom stereocenters. The number of carbonyl (C=O) groups excluding carboxylic acids is 1. The highest BCUT2D eigenvalue weighted by Gasteiger charge is 2.29. The molecule has 0 aliphatic carbocycles. The first-order valence-electron chi connectivity index (χ1n) is 8.48. The summed E-state index contributed by atoms with van der Waals surface area (Å²) in [5.74, 6) is 1.59. The van der Waals surface area contributed by atoms with Crippen LogP contribution >= 0.6 is 0 Å². The van der Waals surface area contributed by atoms with Gasteiger partial charge >= 0.3 is 0 Å². The van der Waals surface area contributed by atoms with Gasteiger partial charge in [0, 0.05) is 30.6 Å². The lowest BCUT2D eigenvalue weighted by Gasteiger charge is -2.18. The fourth-order valence-electron chi connectivity index (χ4n) is 3.19. The second kappa shape index (κ2) is 8.08. The van der Waals surface area contributed by atoms with E-state index in [2.05, 4.69) is 0 Å². The maximum Gasteiger partial charge on any atom is 0.260 e. The molecule has 0 bridgehead atoms. The molecule has 2 aromatic rings. The van der Waals surface area contributed by atoms with Crippen LogP contribution in [0.1, 0.15) is 17.9 Å². The number of hydrogen-bond acceptors (Lipinski definition) is 4. The van der Waals surface area contributed by atoms with Gasteiger partial charge in [0.05, 0.1) is 14.2 Å². The number of nitrogens with zero attached hydrogens (tertiary/aromatic N) is 1. The lowest BCUT2D eigenvalue weighted by atomic mass is 9.97. The standard InChI is InChI=1S/C20H22FNO4/c1-24-16-6-7-19(25-2)18(11-16)14-8-9-22(12-14)20(23)13-26-17-5-3-4-15(21)10-17/h3-7,10-11,14H,8-9,12-13H2,1-2H3/t14-/m1/s1. The van der Waals surface area contributed by atoms with Crippen LogP contribution in [0.25, 0.3) is 0 Å². The minimum atomic E-state index is -0.388. The van der Waals surface area contributed by atoms with Crippen molar-refractivity contribution in [3.8, 4) is 17.2 Å². The molecule has 3 rings (SSSR count). The van der Waals surface area contributed by atoms with Gasteiger partial charge in [-0.25, -0.2) is 4.39 Å². The van der Waals surface area contributed by atoms with Crippen molar-refractivity contribution in [2.45, 2.75) is 12.3 Å². The van der Waals surface area contributed by atoms with Crippen molar-refractivity contribution >= 4 is 5.91 Å². The first-order chi connectivity index (χ1) is 12.6. The number of likely N-dealkylation sites (tertiary alicyclic amines) is 1. The lowest BCUT2D eigenvalue weighted by molar-refractivity contribution is -0.132. The minimum absolute atomic E-state index is 0.106. The number of carbonyl (C=O) groups is 1. The van der Waals surface area contributed by atoms with E-state index in [4.69, 9.17) is 14.2 Å². The molecule has 0 radical (unpaired) electrons. The highest BCUT2D eigenvalue weighted by molar-refractivity contribution is 5.78. The fourth-order valence-corrected chi connectivity index (χ4v) is 3.19. The highest BCUT2D eigenvalue weighted by atomic mass is 19.1. The molecule has 0 N–H and O–H groups in total. The normalized spacial score (nSPS) is 16.4. The molecule has 1 aliphatic rings. The predicted molar refractivity (Wildman–Crippen MR) is 95.4 cm³/mol. The first-order valence-corrected chi connectivity index (χ1v) is 8.48. The summed E-state index contributed by atoms with van der Waals surface area (Å²) in [5, 5.41) is 0. The molecule has 6 heteroatoms. The van der Waals surface area contributed by atoms with E-state index in [-0.39, 0.29) is 24.2 Å². The molecule has 0 saturated carbocycles. The molecule has 0 spiro atoms. The SMILES string of the molecule is COc1ccc(OC)c([C@@H]2CCN(C(=O)COc3cccc(F)c3)C2)c1. The third-order valence-electron chi connectivity index (χ3n) is 4.58. The van der Waals surface area contributed by atoms with Crippen LogP contribution in [0.4, 0.5) is 4.39 Å². The number of rotatable bonds is 6. The van der Waals surface area contributed by atoms with E-state index in [9.17, 15) is 9.18 Å². The number of amides is 1. The summed E-state index contributed by atoms with van der Waals surface area (Å²) >= 11 is 0. The van der Waals surface area contributed by atoms with Crippen LogP contribution in [0, 0.1) is 5.82 Å². The van der Waals surface area contributed by atoms with E-state index in [0.717, 1.165) is 23.5 Å². The zero-order valence-electron chi connectivity index (χ0n) is 14.9. The predicted octanol–water partition coefficient (Wildman–Crippen LogP) is 3.24. The van der Waals surface area contributed by atoms with Crippen molar-refractivity contribution in [3.05, 3.63) is 53.8 Å². The van der Waals surface area contributed by atoms with Gasteiger partial charge in [-0.1, -0.05) is 6.07 Å². The van der Waals surface area contributed by atoms with Gasteiger partial charge in [-0.05, 0) is 36.8 Å². The molecule has 1 aliphatic heterocycles. The summed E-state index contributed by atoms with van der Waals surface area (Å²) in [4.78, 5) is 14.2. The largest absolute Gasteiger partial charge is 0.497 e. The molecule has 2 aromatic carbocycles. The third kappa shape index (κ3) is 4.07. The van der Waals surface area contributed by atoms with Gasteiger partial charge in [-0.15, -0.1) is 0 Å². The average Bonchev–Trinajstić information content (AvgIpc) is 3.15. The Bertz CT molecular complexity index is 780. The summed E-state index contributed by atoms with van der Waals surface area (Å²) in [7, 11) is 3.26. The van der Waals surface area contributed by atoms with Crippen LogP contribution in [0.15, 0.2) is 42.5 Å². The van der Waals surface area contributed by atoms with E-state index in [1.807, 2.05) is 18.2 Å². The zero-order valence-corrected chi connectivity index (χ0v) is 14.9. The number of halogens is 1. The third-order valence-corrected chi connectivity index (χ3v) is 4.58. The van der Waals surface area contributed by atoms with Crippen molar-refractivity contribution < 1.29 is 23.4 Å². The Balaban J connectivity index is 1.62. The Kier molecular flexibility index (Phi) is 5.61. The van der Waals surface area contributed by atoms with Gasteiger partial charge < -0.3 is 19.1 Å². The van der Waals surface area contributed by atoms with Crippen molar-refractivity contribution in [1.82, 2.24) is 4.90 Å². The van der Waals surface area contributed by atoms with Crippen LogP contribution in [-0.2, 0) is 4.79 Å². The van der Waals surface area contributed by atoms with Crippen LogP contribution in [0.3, 0.4) is 0 Å². The maximum atomic E-state index is 13.2. The summed E-state index contributed by atoms with van der Waals surface area (Å²) in [5.41, 5.74) is 1.04. The van der Waals surface area contributed by atoms with Crippen LogP contribution in [0.5, 0.6) is 17.2 Å². The summed E-state index contributed by atoms with van der Waals surface area (Å²) in [6, 6.07) is 11.5. The van der Waals surface area contributed by atoms with Gasteiger partial charge in [0.15, 0.2) is 6.61 Å². The van der Waals surface area contributed by atoms with E-state index in [0.29, 0.717) is 18.8 Å². The average molecular weight is 359 g/mol. The van der Waals surface area contributed by atoms with E-state index < -0.39 is 0 Å². The Hall–Kier alpha value is -2.76. The Morgan fingerprint density at radius 1 is 1.15 bits per heavy atom. The van der Waals surface area contributed by atoms with Crippen molar-refractivity contribution in [2.24, 2.45) is 0 Å². The quantitative estimate of drug-likeness (QED) is 0.794. The molecule has 5 nitrogen and oxygen atoms in total. The van der Waals surface area contributed by atoms with Gasteiger partial charge in [-0.3, -0.25) is 4.79 Å². The summed E-state index contributed by atoms with van der Waals surface area (Å²) in [6.07, 6.45) is 0.842. The van der Waals surface area contributed by atoms with Gasteiger partial charge in [0.1, 0.15) is 23.1 Å². The summed E-state index contributed by atoms with van der Waals surface area (Å²) < 4.78 is 29.3. The zero-order chi connectivity index (χ0) is 18.5. The summed E-state index contributed by atoms with van der Waals surface area (Å²) in [6.45, 7) is 1.14. The molecule has 1 fully saturated rings. The van der Waals surface area contributed by atoms with Gasteiger partial charge in [-0.2, -0.15) is 0 Å². The van der Waals surface area contributed by atoms with E-state index >= 15 is 0 Å². The fraction of sp³-hybridized carbons (Fsp3) is 0.350. The molecule has 0 unspecified atom stereocenters. The Morgan fingerprint density at radius 2 is 2.00 bits per heavy atom. The highest BCUT2D eigenvalue weighted by Crippen LogP contribution is 2.36. The number of ether oxygens (including phenoxy) is 3. The van der Waals surface area contributed by atoms with Gasteiger partial charge in [0.2, 0.25) is 0 Å². The lowest BCUT2D eigenvalue weighted by Crippen LogP contribution is -2.32. The van der Waals surface area contributed by atoms with Crippen LogP contribution in [0.2, 0.25) is 0 Å². The molecule has 0 aromatic heterocycles. The monoisotopic (exact) mass is 359 g/mol. The second-order valence-electron chi connectivity index (χ2n) is 6.18.